The van der Waals surface area contributed by atoms with Gasteiger partial charge in [-0.25, -0.2) is 0 Å². The summed E-state index contributed by atoms with van der Waals surface area (Å²) in [5.41, 5.74) is 0. The Morgan fingerprint density at radius 1 is 0.793 bits per heavy atom. The number of hydrogen-bond acceptors (Lipinski definition) is 10. The van der Waals surface area contributed by atoms with Gasteiger partial charge < -0.3 is 28.4 Å². The smallest absolute Gasteiger partial charge is 0.303 e. The summed E-state index contributed by atoms with van der Waals surface area (Å²) < 4.78 is 32.4. The lowest BCUT2D eigenvalue weighted by atomic mass is 9.98. The first kappa shape index (κ1) is 24.8. The van der Waals surface area contributed by atoms with Gasteiger partial charge in [0.25, 0.3) is 0 Å². The number of ether oxygens (including phenoxy) is 6. The molecule has 0 aromatic carbocycles. The minimum absolute atomic E-state index is 0.276. The van der Waals surface area contributed by atoms with Crippen molar-refractivity contribution in [3.63, 3.8) is 0 Å². The van der Waals surface area contributed by atoms with E-state index in [4.69, 9.17) is 28.4 Å². The highest BCUT2D eigenvalue weighted by molar-refractivity contribution is 5.68. The largest absolute Gasteiger partial charge is 0.463 e. The van der Waals surface area contributed by atoms with Crippen LogP contribution >= 0.6 is 0 Å². The van der Waals surface area contributed by atoms with Crippen LogP contribution in [0.15, 0.2) is 0 Å². The van der Waals surface area contributed by atoms with E-state index in [1.807, 2.05) is 13.8 Å². The number of carbonyl (C=O) groups excluding carboxylic acids is 4. The van der Waals surface area contributed by atoms with Gasteiger partial charge in [0.15, 0.2) is 24.6 Å². The summed E-state index contributed by atoms with van der Waals surface area (Å²) in [4.78, 5) is 46.2. The zero-order valence-corrected chi connectivity index (χ0v) is 17.7. The molecule has 0 aromatic rings. The first-order valence-corrected chi connectivity index (χ1v) is 9.43. The normalized spacial score (nSPS) is 26.5. The van der Waals surface area contributed by atoms with Crippen molar-refractivity contribution >= 4 is 23.9 Å². The van der Waals surface area contributed by atoms with Crippen LogP contribution in [0.1, 0.15) is 48.0 Å². The average Bonchev–Trinajstić information content (AvgIpc) is 2.56. The van der Waals surface area contributed by atoms with E-state index in [1.165, 1.54) is 27.7 Å². The molecule has 1 aliphatic rings. The third kappa shape index (κ3) is 8.78. The summed E-state index contributed by atoms with van der Waals surface area (Å²) in [6.07, 6.45) is -4.98. The van der Waals surface area contributed by atoms with Crippen LogP contribution in [0, 0.1) is 5.92 Å². The predicted molar refractivity (Wildman–Crippen MR) is 97.4 cm³/mol. The molecule has 0 spiro atoms. The van der Waals surface area contributed by atoms with Crippen molar-refractivity contribution in [1.29, 1.82) is 0 Å². The van der Waals surface area contributed by atoms with Crippen molar-refractivity contribution in [2.24, 2.45) is 5.92 Å². The summed E-state index contributed by atoms with van der Waals surface area (Å²) in [6, 6.07) is 0. The lowest BCUT2D eigenvalue weighted by Gasteiger charge is -2.44. The van der Waals surface area contributed by atoms with Crippen LogP contribution in [0.3, 0.4) is 0 Å². The monoisotopic (exact) mass is 418 g/mol. The number of rotatable bonds is 9. The van der Waals surface area contributed by atoms with Gasteiger partial charge in [0.2, 0.25) is 0 Å². The molecular formula is C19H30O10. The van der Waals surface area contributed by atoms with Gasteiger partial charge in [-0.2, -0.15) is 0 Å². The maximum absolute atomic E-state index is 11.7. The van der Waals surface area contributed by atoms with Gasteiger partial charge in [0.05, 0.1) is 6.61 Å². The van der Waals surface area contributed by atoms with Gasteiger partial charge in [-0.05, 0) is 12.3 Å². The van der Waals surface area contributed by atoms with E-state index in [9.17, 15) is 19.2 Å². The second-order valence-electron chi connectivity index (χ2n) is 7.12. The zero-order valence-electron chi connectivity index (χ0n) is 17.7. The summed E-state index contributed by atoms with van der Waals surface area (Å²) in [5, 5.41) is 0. The molecule has 1 heterocycles. The lowest BCUT2D eigenvalue weighted by Crippen LogP contribution is -2.63. The quantitative estimate of drug-likeness (QED) is 0.397. The molecule has 1 rings (SSSR count). The standard InChI is InChI=1S/C19H30O10/c1-10(2)7-8-24-19-18(28-14(6)23)17(27-13(5)22)16(26-12(4)21)15(29-19)9-25-11(3)20/h10,15-19H,7-9H2,1-6H3/t15-,16-,17+,18-,19-/m1/s1. The van der Waals surface area contributed by atoms with Crippen molar-refractivity contribution in [3.05, 3.63) is 0 Å². The maximum atomic E-state index is 11.7. The predicted octanol–water partition coefficient (Wildman–Crippen LogP) is 1.13. The lowest BCUT2D eigenvalue weighted by molar-refractivity contribution is -0.308. The second kappa shape index (κ2) is 11.7. The second-order valence-corrected chi connectivity index (χ2v) is 7.12. The zero-order chi connectivity index (χ0) is 22.1. The van der Waals surface area contributed by atoms with Gasteiger partial charge >= 0.3 is 23.9 Å². The molecule has 1 saturated heterocycles. The van der Waals surface area contributed by atoms with Gasteiger partial charge in [0, 0.05) is 27.7 Å². The molecule has 0 aromatic heterocycles. The van der Waals surface area contributed by atoms with Crippen LogP contribution in [-0.4, -0.2) is 67.8 Å². The highest BCUT2D eigenvalue weighted by Gasteiger charge is 2.52. The van der Waals surface area contributed by atoms with E-state index >= 15 is 0 Å². The molecule has 29 heavy (non-hydrogen) atoms. The first-order valence-electron chi connectivity index (χ1n) is 9.43. The van der Waals surface area contributed by atoms with Gasteiger partial charge in [0.1, 0.15) is 12.7 Å². The van der Waals surface area contributed by atoms with Crippen molar-refractivity contribution in [2.75, 3.05) is 13.2 Å². The SMILES string of the molecule is CC(=O)OC[C@H]1O[C@@H](OCCC(C)C)[C@H](OC(C)=O)[C@@H](OC(C)=O)[C@@H]1OC(C)=O. The van der Waals surface area contributed by atoms with Gasteiger partial charge in [-0.1, -0.05) is 13.8 Å². The van der Waals surface area contributed by atoms with Crippen molar-refractivity contribution in [1.82, 2.24) is 0 Å². The Kier molecular flexibility index (Phi) is 10.0. The molecule has 10 nitrogen and oxygen atoms in total. The maximum Gasteiger partial charge on any atom is 0.303 e. The fourth-order valence-corrected chi connectivity index (χ4v) is 2.74. The van der Waals surface area contributed by atoms with Crippen LogP contribution in [0.4, 0.5) is 0 Å². The van der Waals surface area contributed by atoms with E-state index in [0.717, 1.165) is 0 Å². The van der Waals surface area contributed by atoms with E-state index < -0.39 is 54.6 Å². The third-order valence-corrected chi connectivity index (χ3v) is 3.93. The minimum Gasteiger partial charge on any atom is -0.463 e. The Balaban J connectivity index is 3.21. The Labute approximate surface area is 170 Å². The fraction of sp³-hybridized carbons (Fsp3) is 0.789. The summed E-state index contributed by atoms with van der Waals surface area (Å²) in [7, 11) is 0. The molecule has 0 amide bonds. The van der Waals surface area contributed by atoms with Crippen LogP contribution in [0.5, 0.6) is 0 Å². The highest BCUT2D eigenvalue weighted by atomic mass is 16.7. The number of carbonyl (C=O) groups is 4. The summed E-state index contributed by atoms with van der Waals surface area (Å²) in [6.45, 7) is 8.76. The molecular weight excluding hydrogens is 388 g/mol. The molecule has 0 saturated carbocycles. The Hall–Kier alpha value is -2.20. The van der Waals surface area contributed by atoms with E-state index in [0.29, 0.717) is 12.3 Å². The fourth-order valence-electron chi connectivity index (χ4n) is 2.74. The third-order valence-electron chi connectivity index (χ3n) is 3.93. The molecule has 0 radical (unpaired) electrons. The molecule has 5 atom stereocenters. The van der Waals surface area contributed by atoms with Crippen LogP contribution < -0.4 is 0 Å². The van der Waals surface area contributed by atoms with Crippen molar-refractivity contribution in [3.8, 4) is 0 Å². The molecule has 0 unspecified atom stereocenters. The Bertz CT molecular complexity index is 588. The Morgan fingerprint density at radius 3 is 1.79 bits per heavy atom. The number of esters is 4. The van der Waals surface area contributed by atoms with E-state index in [-0.39, 0.29) is 13.2 Å². The number of hydrogen-bond donors (Lipinski definition) is 0. The van der Waals surface area contributed by atoms with E-state index in [1.54, 1.807) is 0 Å². The van der Waals surface area contributed by atoms with Gasteiger partial charge in [-0.3, -0.25) is 19.2 Å². The average molecular weight is 418 g/mol. The molecule has 0 aliphatic carbocycles. The molecule has 166 valence electrons. The molecule has 1 fully saturated rings. The van der Waals surface area contributed by atoms with Crippen LogP contribution in [-0.2, 0) is 47.6 Å². The molecule has 10 heteroatoms. The topological polar surface area (TPSA) is 124 Å². The first-order chi connectivity index (χ1) is 13.5. The van der Waals surface area contributed by atoms with Gasteiger partial charge in [-0.15, -0.1) is 0 Å². The Morgan fingerprint density at radius 2 is 1.31 bits per heavy atom. The highest BCUT2D eigenvalue weighted by Crippen LogP contribution is 2.30. The molecule has 0 N–H and O–H groups in total. The molecule has 1 aliphatic heterocycles. The van der Waals surface area contributed by atoms with E-state index in [2.05, 4.69) is 0 Å². The minimum atomic E-state index is -1.21. The van der Waals surface area contributed by atoms with Crippen molar-refractivity contribution < 1.29 is 47.6 Å². The van der Waals surface area contributed by atoms with Crippen LogP contribution in [0.2, 0.25) is 0 Å². The summed E-state index contributed by atoms with van der Waals surface area (Å²) >= 11 is 0. The van der Waals surface area contributed by atoms with Crippen molar-refractivity contribution in [2.45, 2.75) is 78.7 Å². The van der Waals surface area contributed by atoms with Crippen LogP contribution in [0.25, 0.3) is 0 Å². The summed E-state index contributed by atoms with van der Waals surface area (Å²) in [5.74, 6) is -2.24. The molecule has 0 bridgehead atoms.